The van der Waals surface area contributed by atoms with E-state index in [0.29, 0.717) is 31.6 Å². The van der Waals surface area contributed by atoms with Gasteiger partial charge in [-0.3, -0.25) is 25.1 Å². The Labute approximate surface area is 138 Å². The van der Waals surface area contributed by atoms with Crippen molar-refractivity contribution in [2.45, 2.75) is 20.4 Å². The summed E-state index contributed by atoms with van der Waals surface area (Å²) in [6.45, 7) is 4.21. The maximum atomic E-state index is 12.2. The summed E-state index contributed by atoms with van der Waals surface area (Å²) < 4.78 is 2.67. The zero-order chi connectivity index (χ0) is 15.6. The minimum Gasteiger partial charge on any atom is -0.266 e. The number of hydrogen-bond acceptors (Lipinski definition) is 4. The zero-order valence-corrected chi connectivity index (χ0v) is 14.4. The molecule has 0 radical (unpaired) electrons. The number of rotatable bonds is 3. The predicted octanol–water partition coefficient (Wildman–Crippen LogP) is 2.76. The average molecular weight is 392 g/mol. The first-order valence-electron chi connectivity index (χ1n) is 6.03. The summed E-state index contributed by atoms with van der Waals surface area (Å²) in [7, 11) is 0. The summed E-state index contributed by atoms with van der Waals surface area (Å²) >= 11 is 10.2. The molecule has 9 heteroatoms. The third kappa shape index (κ3) is 3.45. The van der Waals surface area contributed by atoms with Crippen LogP contribution in [0.25, 0.3) is 0 Å². The fourth-order valence-electron chi connectivity index (χ4n) is 1.68. The lowest BCUT2D eigenvalue weighted by atomic mass is 10.3. The molecule has 2 N–H and O–H groups in total. The lowest BCUT2D eigenvalue weighted by Crippen LogP contribution is -2.42. The zero-order valence-electron chi connectivity index (χ0n) is 11.2. The second-order valence-electron chi connectivity index (χ2n) is 4.08. The number of carbonyl (C=O) groups excluding carboxylic acids is 2. The van der Waals surface area contributed by atoms with Crippen LogP contribution in [0.15, 0.2) is 16.6 Å². The molecule has 0 saturated carbocycles. The number of thiophene rings is 1. The molecule has 0 saturated heterocycles. The Morgan fingerprint density at radius 2 is 2.05 bits per heavy atom. The monoisotopic (exact) mass is 390 g/mol. The van der Waals surface area contributed by atoms with Gasteiger partial charge in [0.1, 0.15) is 5.69 Å². The number of halogens is 2. The van der Waals surface area contributed by atoms with Crippen LogP contribution in [-0.2, 0) is 6.54 Å². The Kier molecular flexibility index (Phi) is 5.02. The minimum absolute atomic E-state index is 0.361. The second kappa shape index (κ2) is 6.59. The third-order valence-electron chi connectivity index (χ3n) is 2.66. The molecule has 2 aromatic rings. The second-order valence-corrected chi connectivity index (χ2v) is 6.58. The smallest absolute Gasteiger partial charge is 0.266 e. The molecule has 0 aliphatic heterocycles. The first-order valence-corrected chi connectivity index (χ1v) is 8.01. The molecule has 2 heterocycles. The van der Waals surface area contributed by atoms with Crippen molar-refractivity contribution in [1.29, 1.82) is 0 Å². The maximum absolute atomic E-state index is 12.2. The molecule has 0 aromatic carbocycles. The summed E-state index contributed by atoms with van der Waals surface area (Å²) in [6, 6.07) is 3.21. The van der Waals surface area contributed by atoms with Gasteiger partial charge >= 0.3 is 0 Å². The van der Waals surface area contributed by atoms with Crippen LogP contribution in [-0.4, -0.2) is 21.6 Å². The van der Waals surface area contributed by atoms with Gasteiger partial charge in [-0.25, -0.2) is 0 Å². The molecule has 0 bridgehead atoms. The van der Waals surface area contributed by atoms with E-state index in [2.05, 4.69) is 31.9 Å². The first kappa shape index (κ1) is 16.0. The number of aryl methyl sites for hydroxylation is 2. The highest BCUT2D eigenvalue weighted by Crippen LogP contribution is 2.22. The molecular weight excluding hydrogens is 380 g/mol. The minimum atomic E-state index is -0.444. The molecule has 21 heavy (non-hydrogen) atoms. The van der Waals surface area contributed by atoms with E-state index in [4.69, 9.17) is 11.6 Å². The van der Waals surface area contributed by atoms with Gasteiger partial charge in [-0.1, -0.05) is 11.6 Å². The summed E-state index contributed by atoms with van der Waals surface area (Å²) in [4.78, 5) is 24.4. The Morgan fingerprint density at radius 1 is 1.38 bits per heavy atom. The molecule has 0 aliphatic carbocycles. The molecule has 2 aromatic heterocycles. The highest BCUT2D eigenvalue weighted by molar-refractivity contribution is 9.10. The highest BCUT2D eigenvalue weighted by atomic mass is 79.9. The Morgan fingerprint density at radius 3 is 2.62 bits per heavy atom. The molecule has 0 fully saturated rings. The maximum Gasteiger partial charge on any atom is 0.289 e. The van der Waals surface area contributed by atoms with Crippen LogP contribution in [0.1, 0.15) is 32.8 Å². The molecule has 2 rings (SSSR count). The van der Waals surface area contributed by atoms with Gasteiger partial charge in [0.2, 0.25) is 0 Å². The van der Waals surface area contributed by atoms with Crippen molar-refractivity contribution in [3.05, 3.63) is 37.2 Å². The van der Waals surface area contributed by atoms with E-state index in [1.165, 1.54) is 0 Å². The number of carbonyl (C=O) groups is 2. The quantitative estimate of drug-likeness (QED) is 0.790. The Hall–Kier alpha value is -1.38. The topological polar surface area (TPSA) is 76.0 Å². The molecule has 112 valence electrons. The van der Waals surface area contributed by atoms with Crippen LogP contribution in [0.4, 0.5) is 0 Å². The summed E-state index contributed by atoms with van der Waals surface area (Å²) in [6.07, 6.45) is 0. The van der Waals surface area contributed by atoms with Gasteiger partial charge in [0, 0.05) is 6.54 Å². The number of hydrazine groups is 1. The van der Waals surface area contributed by atoms with Gasteiger partial charge < -0.3 is 0 Å². The summed E-state index contributed by atoms with van der Waals surface area (Å²) in [5, 5.41) is 4.22. The van der Waals surface area contributed by atoms with Crippen LogP contribution in [0.5, 0.6) is 0 Å². The predicted molar refractivity (Wildman–Crippen MR) is 84.6 cm³/mol. The van der Waals surface area contributed by atoms with Crippen molar-refractivity contribution in [3.8, 4) is 0 Å². The van der Waals surface area contributed by atoms with Crippen molar-refractivity contribution in [1.82, 2.24) is 20.6 Å². The van der Waals surface area contributed by atoms with Crippen LogP contribution >= 0.6 is 38.9 Å². The lowest BCUT2D eigenvalue weighted by molar-refractivity contribution is 0.0842. The van der Waals surface area contributed by atoms with Gasteiger partial charge in [0.25, 0.3) is 11.8 Å². The normalized spacial score (nSPS) is 10.5. The number of hydrogen-bond donors (Lipinski definition) is 2. The standard InChI is InChI=1S/C12H12BrClN4O2S/c1-3-18-10(9(13)6(2)17-18)12(20)16-15-11(19)7-4-5-8(14)21-7/h4-5H,3H2,1-2H3,(H,15,19)(H,16,20). The van der Waals surface area contributed by atoms with E-state index in [-0.39, 0.29) is 0 Å². The van der Waals surface area contributed by atoms with Crippen LogP contribution < -0.4 is 10.9 Å². The van der Waals surface area contributed by atoms with Crippen molar-refractivity contribution < 1.29 is 9.59 Å². The van der Waals surface area contributed by atoms with Crippen LogP contribution in [0.3, 0.4) is 0 Å². The molecule has 0 atom stereocenters. The molecule has 0 unspecified atom stereocenters. The van der Waals surface area contributed by atoms with Crippen molar-refractivity contribution in [2.24, 2.45) is 0 Å². The highest BCUT2D eigenvalue weighted by Gasteiger charge is 2.20. The number of aromatic nitrogens is 2. The number of nitrogens with one attached hydrogen (secondary N) is 2. The molecule has 6 nitrogen and oxygen atoms in total. The molecule has 0 aliphatic rings. The van der Waals surface area contributed by atoms with E-state index >= 15 is 0 Å². The van der Waals surface area contributed by atoms with Gasteiger partial charge in [-0.15, -0.1) is 11.3 Å². The molecular formula is C12H12BrClN4O2S. The summed E-state index contributed by atoms with van der Waals surface area (Å²) in [5.41, 5.74) is 5.79. The van der Waals surface area contributed by atoms with Crippen molar-refractivity contribution in [3.63, 3.8) is 0 Å². The van der Waals surface area contributed by atoms with E-state index in [1.54, 1.807) is 23.7 Å². The lowest BCUT2D eigenvalue weighted by Gasteiger charge is -2.08. The number of nitrogens with zero attached hydrogens (tertiary/aromatic N) is 2. The van der Waals surface area contributed by atoms with E-state index in [1.807, 2.05) is 6.92 Å². The van der Waals surface area contributed by atoms with Crippen LogP contribution in [0.2, 0.25) is 4.34 Å². The van der Waals surface area contributed by atoms with Crippen molar-refractivity contribution >= 4 is 50.7 Å². The van der Waals surface area contributed by atoms with Crippen LogP contribution in [0, 0.1) is 6.92 Å². The van der Waals surface area contributed by atoms with Crippen molar-refractivity contribution in [2.75, 3.05) is 0 Å². The summed E-state index contributed by atoms with van der Waals surface area (Å²) in [5.74, 6) is -0.865. The fraction of sp³-hybridized carbons (Fsp3) is 0.250. The van der Waals surface area contributed by atoms with Gasteiger partial charge in [0.15, 0.2) is 0 Å². The van der Waals surface area contributed by atoms with E-state index in [9.17, 15) is 9.59 Å². The third-order valence-corrected chi connectivity index (χ3v) is 4.83. The van der Waals surface area contributed by atoms with E-state index in [0.717, 1.165) is 11.3 Å². The van der Waals surface area contributed by atoms with Gasteiger partial charge in [-0.2, -0.15) is 5.10 Å². The molecule has 0 spiro atoms. The van der Waals surface area contributed by atoms with E-state index < -0.39 is 11.8 Å². The van der Waals surface area contributed by atoms with Gasteiger partial charge in [0.05, 0.1) is 19.4 Å². The first-order chi connectivity index (χ1) is 9.93. The average Bonchev–Trinajstić information content (AvgIpc) is 3.00. The molecule has 2 amide bonds. The fourth-order valence-corrected chi connectivity index (χ4v) is 3.08. The Balaban J connectivity index is 2.07. The SMILES string of the molecule is CCn1nc(C)c(Br)c1C(=O)NNC(=O)c1ccc(Cl)s1. The van der Waals surface area contributed by atoms with Gasteiger partial charge in [-0.05, 0) is 41.9 Å². The largest absolute Gasteiger partial charge is 0.289 e. The Bertz CT molecular complexity index is 697. The number of amides is 2.